The molecule has 21 heavy (non-hydrogen) atoms. The molecule has 118 valence electrons. The summed E-state index contributed by atoms with van der Waals surface area (Å²) in [4.78, 5) is 14.2. The largest absolute Gasteiger partial charge is 0.352 e. The molecular formula is C17H29N3O. The number of amides is 1. The van der Waals surface area contributed by atoms with Crippen molar-refractivity contribution in [1.82, 2.24) is 15.5 Å². The summed E-state index contributed by atoms with van der Waals surface area (Å²) in [6.07, 6.45) is 1.46. The normalized spacial score (nSPS) is 10.9. The summed E-state index contributed by atoms with van der Waals surface area (Å²) < 4.78 is 0. The van der Waals surface area contributed by atoms with Crippen molar-refractivity contribution in [3.05, 3.63) is 35.4 Å². The van der Waals surface area contributed by atoms with Crippen molar-refractivity contribution in [3.8, 4) is 0 Å². The summed E-state index contributed by atoms with van der Waals surface area (Å²) in [5, 5.41) is 6.08. The van der Waals surface area contributed by atoms with Crippen LogP contribution in [0.4, 0.5) is 0 Å². The maximum Gasteiger partial charge on any atom is 0.220 e. The molecule has 4 heteroatoms. The third kappa shape index (κ3) is 6.74. The Morgan fingerprint density at radius 3 is 2.43 bits per heavy atom. The molecule has 1 amide bonds. The van der Waals surface area contributed by atoms with E-state index in [1.165, 1.54) is 11.1 Å². The highest BCUT2D eigenvalue weighted by atomic mass is 16.1. The second-order valence-electron chi connectivity index (χ2n) is 5.21. The van der Waals surface area contributed by atoms with Crippen LogP contribution in [0.1, 0.15) is 37.8 Å². The molecule has 0 spiro atoms. The van der Waals surface area contributed by atoms with Crippen LogP contribution < -0.4 is 10.6 Å². The molecule has 0 unspecified atom stereocenters. The van der Waals surface area contributed by atoms with Crippen LogP contribution in [0.3, 0.4) is 0 Å². The van der Waals surface area contributed by atoms with Gasteiger partial charge < -0.3 is 10.6 Å². The highest BCUT2D eigenvalue weighted by Gasteiger charge is 2.07. The summed E-state index contributed by atoms with van der Waals surface area (Å²) >= 11 is 0. The van der Waals surface area contributed by atoms with Gasteiger partial charge in [0, 0.05) is 19.5 Å². The second-order valence-corrected chi connectivity index (χ2v) is 5.21. The number of rotatable bonds is 10. The highest BCUT2D eigenvalue weighted by molar-refractivity contribution is 5.75. The van der Waals surface area contributed by atoms with Gasteiger partial charge in [-0.2, -0.15) is 0 Å². The lowest BCUT2D eigenvalue weighted by molar-refractivity contribution is -0.121. The SMILES string of the molecule is CCN(CC)Cc1ccccc1CNC(=O)CCCNC. The number of nitrogens with one attached hydrogen (secondary N) is 2. The monoisotopic (exact) mass is 291 g/mol. The Hall–Kier alpha value is -1.39. The number of hydrogen-bond donors (Lipinski definition) is 2. The smallest absolute Gasteiger partial charge is 0.220 e. The molecule has 1 rings (SSSR count). The summed E-state index contributed by atoms with van der Waals surface area (Å²) in [6, 6.07) is 8.36. The first-order valence-corrected chi connectivity index (χ1v) is 7.91. The maximum absolute atomic E-state index is 11.8. The van der Waals surface area contributed by atoms with Gasteiger partial charge in [-0.15, -0.1) is 0 Å². The minimum atomic E-state index is 0.128. The van der Waals surface area contributed by atoms with E-state index in [9.17, 15) is 4.79 Å². The van der Waals surface area contributed by atoms with E-state index in [2.05, 4.69) is 47.6 Å². The number of nitrogens with zero attached hydrogens (tertiary/aromatic N) is 1. The lowest BCUT2D eigenvalue weighted by atomic mass is 10.1. The fourth-order valence-corrected chi connectivity index (χ4v) is 2.28. The van der Waals surface area contributed by atoms with E-state index < -0.39 is 0 Å². The predicted octanol–water partition coefficient (Wildman–Crippen LogP) is 2.14. The Balaban J connectivity index is 2.52. The van der Waals surface area contributed by atoms with Gasteiger partial charge in [0.15, 0.2) is 0 Å². The van der Waals surface area contributed by atoms with E-state index in [0.29, 0.717) is 13.0 Å². The van der Waals surface area contributed by atoms with E-state index in [4.69, 9.17) is 0 Å². The van der Waals surface area contributed by atoms with Crippen molar-refractivity contribution >= 4 is 5.91 Å². The van der Waals surface area contributed by atoms with Gasteiger partial charge in [-0.05, 0) is 44.2 Å². The molecule has 0 fully saturated rings. The quantitative estimate of drug-likeness (QED) is 0.649. The molecule has 0 saturated carbocycles. The molecule has 0 aliphatic rings. The first-order valence-electron chi connectivity index (χ1n) is 7.91. The lowest BCUT2D eigenvalue weighted by Gasteiger charge is -2.20. The molecule has 4 nitrogen and oxygen atoms in total. The van der Waals surface area contributed by atoms with Crippen molar-refractivity contribution in [2.75, 3.05) is 26.7 Å². The van der Waals surface area contributed by atoms with Gasteiger partial charge in [-0.3, -0.25) is 9.69 Å². The molecule has 0 heterocycles. The fourth-order valence-electron chi connectivity index (χ4n) is 2.28. The van der Waals surface area contributed by atoms with Gasteiger partial charge in [0.1, 0.15) is 0 Å². The average Bonchev–Trinajstić information content (AvgIpc) is 2.51. The van der Waals surface area contributed by atoms with E-state index in [1.807, 2.05) is 13.1 Å². The average molecular weight is 291 g/mol. The lowest BCUT2D eigenvalue weighted by Crippen LogP contribution is -2.26. The molecule has 0 radical (unpaired) electrons. The molecular weight excluding hydrogens is 262 g/mol. The molecule has 0 atom stereocenters. The van der Waals surface area contributed by atoms with Gasteiger partial charge in [0.2, 0.25) is 5.91 Å². The zero-order valence-electron chi connectivity index (χ0n) is 13.6. The third-order valence-corrected chi connectivity index (χ3v) is 3.71. The predicted molar refractivity (Wildman–Crippen MR) is 88.1 cm³/mol. The second kappa shape index (κ2) is 10.4. The Bertz CT molecular complexity index is 416. The standard InChI is InChI=1S/C17H29N3O/c1-4-20(5-2)14-16-10-7-6-9-15(16)13-19-17(21)11-8-12-18-3/h6-7,9-10,18H,4-5,8,11-14H2,1-3H3,(H,19,21). The van der Waals surface area contributed by atoms with Crippen molar-refractivity contribution in [3.63, 3.8) is 0 Å². The Labute approximate surface area is 128 Å². The van der Waals surface area contributed by atoms with Crippen LogP contribution in [0, 0.1) is 0 Å². The molecule has 0 aromatic heterocycles. The minimum Gasteiger partial charge on any atom is -0.352 e. The number of hydrogen-bond acceptors (Lipinski definition) is 3. The van der Waals surface area contributed by atoms with E-state index in [0.717, 1.165) is 32.6 Å². The minimum absolute atomic E-state index is 0.128. The van der Waals surface area contributed by atoms with Crippen molar-refractivity contribution < 1.29 is 4.79 Å². The Morgan fingerprint density at radius 2 is 1.81 bits per heavy atom. The summed E-state index contributed by atoms with van der Waals surface area (Å²) in [7, 11) is 1.90. The zero-order valence-corrected chi connectivity index (χ0v) is 13.6. The van der Waals surface area contributed by atoms with E-state index >= 15 is 0 Å². The molecule has 0 aliphatic carbocycles. The molecule has 0 saturated heterocycles. The topological polar surface area (TPSA) is 44.4 Å². The first-order chi connectivity index (χ1) is 10.2. The molecule has 0 aliphatic heterocycles. The molecule has 1 aromatic carbocycles. The summed E-state index contributed by atoms with van der Waals surface area (Å²) in [5.41, 5.74) is 2.52. The van der Waals surface area contributed by atoms with Crippen molar-refractivity contribution in [1.29, 1.82) is 0 Å². The number of carbonyl (C=O) groups is 1. The molecule has 0 bridgehead atoms. The van der Waals surface area contributed by atoms with Gasteiger partial charge in [0.05, 0.1) is 0 Å². The Kier molecular flexibility index (Phi) is 8.71. The van der Waals surface area contributed by atoms with Gasteiger partial charge >= 0.3 is 0 Å². The van der Waals surface area contributed by atoms with E-state index in [-0.39, 0.29) is 5.91 Å². The number of carbonyl (C=O) groups excluding carboxylic acids is 1. The summed E-state index contributed by atoms with van der Waals surface area (Å²) in [6.45, 7) is 8.88. The highest BCUT2D eigenvalue weighted by Crippen LogP contribution is 2.11. The first kappa shape index (κ1) is 17.7. The number of benzene rings is 1. The van der Waals surface area contributed by atoms with Gasteiger partial charge in [-0.1, -0.05) is 38.1 Å². The zero-order chi connectivity index (χ0) is 15.5. The third-order valence-electron chi connectivity index (χ3n) is 3.71. The van der Waals surface area contributed by atoms with Gasteiger partial charge in [-0.25, -0.2) is 0 Å². The maximum atomic E-state index is 11.8. The molecule has 1 aromatic rings. The van der Waals surface area contributed by atoms with Crippen LogP contribution in [0.25, 0.3) is 0 Å². The van der Waals surface area contributed by atoms with Crippen LogP contribution in [0.15, 0.2) is 24.3 Å². The molecule has 2 N–H and O–H groups in total. The fraction of sp³-hybridized carbons (Fsp3) is 0.588. The van der Waals surface area contributed by atoms with Crippen LogP contribution in [-0.4, -0.2) is 37.5 Å². The Morgan fingerprint density at radius 1 is 1.14 bits per heavy atom. The van der Waals surface area contributed by atoms with Crippen molar-refractivity contribution in [2.24, 2.45) is 0 Å². The van der Waals surface area contributed by atoms with Crippen LogP contribution >= 0.6 is 0 Å². The van der Waals surface area contributed by atoms with Crippen molar-refractivity contribution in [2.45, 2.75) is 39.8 Å². The van der Waals surface area contributed by atoms with Crippen LogP contribution in [0.5, 0.6) is 0 Å². The van der Waals surface area contributed by atoms with Gasteiger partial charge in [0.25, 0.3) is 0 Å². The van der Waals surface area contributed by atoms with E-state index in [1.54, 1.807) is 0 Å². The van der Waals surface area contributed by atoms with Crippen LogP contribution in [0.2, 0.25) is 0 Å². The summed E-state index contributed by atoms with van der Waals surface area (Å²) in [5.74, 6) is 0.128. The van der Waals surface area contributed by atoms with Crippen LogP contribution in [-0.2, 0) is 17.9 Å².